The van der Waals surface area contributed by atoms with Crippen LogP contribution in [0.4, 0.5) is 10.1 Å². The molecule has 0 bridgehead atoms. The first kappa shape index (κ1) is 25.1. The lowest BCUT2D eigenvalue weighted by Crippen LogP contribution is -2.50. The molecule has 0 fully saturated rings. The summed E-state index contributed by atoms with van der Waals surface area (Å²) in [6.07, 6.45) is 0.986. The fourth-order valence-electron chi connectivity index (χ4n) is 3.09. The van der Waals surface area contributed by atoms with Gasteiger partial charge < -0.3 is 15.0 Å². The van der Waals surface area contributed by atoms with E-state index in [4.69, 9.17) is 4.74 Å². The van der Waals surface area contributed by atoms with E-state index in [1.54, 1.807) is 18.2 Å². The Morgan fingerprint density at radius 2 is 1.75 bits per heavy atom. The second-order valence-electron chi connectivity index (χ2n) is 7.10. The molecule has 1 atom stereocenters. The first-order chi connectivity index (χ1) is 15.1. The number of sulfonamides is 1. The first-order valence-electron chi connectivity index (χ1n) is 10.0. The molecule has 0 aliphatic rings. The number of anilines is 1. The maximum absolute atomic E-state index is 14.2. The molecule has 32 heavy (non-hydrogen) atoms. The van der Waals surface area contributed by atoms with Crippen LogP contribution < -0.4 is 14.4 Å². The van der Waals surface area contributed by atoms with E-state index >= 15 is 0 Å². The third-order valence-corrected chi connectivity index (χ3v) is 5.97. The van der Waals surface area contributed by atoms with Gasteiger partial charge in [-0.2, -0.15) is 0 Å². The average Bonchev–Trinajstić information content (AvgIpc) is 2.76. The van der Waals surface area contributed by atoms with Gasteiger partial charge >= 0.3 is 0 Å². The Balaban J connectivity index is 2.36. The van der Waals surface area contributed by atoms with Crippen molar-refractivity contribution in [1.29, 1.82) is 0 Å². The molecular weight excluding hydrogens is 437 g/mol. The number of nitrogens with one attached hydrogen (secondary N) is 1. The minimum Gasteiger partial charge on any atom is -0.494 e. The molecule has 10 heteroatoms. The lowest BCUT2D eigenvalue weighted by Gasteiger charge is -2.31. The maximum Gasteiger partial charge on any atom is 0.244 e. The van der Waals surface area contributed by atoms with Crippen LogP contribution in [-0.4, -0.2) is 57.6 Å². The topological polar surface area (TPSA) is 96.0 Å². The highest BCUT2D eigenvalue weighted by Gasteiger charge is 2.30. The van der Waals surface area contributed by atoms with Crippen LogP contribution in [0.3, 0.4) is 0 Å². The van der Waals surface area contributed by atoms with Crippen molar-refractivity contribution >= 4 is 27.5 Å². The molecule has 0 aromatic heterocycles. The van der Waals surface area contributed by atoms with Gasteiger partial charge in [0.25, 0.3) is 0 Å². The third-order valence-electron chi connectivity index (χ3n) is 4.83. The van der Waals surface area contributed by atoms with E-state index in [9.17, 15) is 22.4 Å². The second kappa shape index (κ2) is 10.9. The molecule has 2 amide bonds. The Kier molecular flexibility index (Phi) is 8.59. The third kappa shape index (κ3) is 6.43. The normalized spacial score (nSPS) is 12.0. The molecule has 0 heterocycles. The number of hydrogen-bond acceptors (Lipinski definition) is 5. The van der Waals surface area contributed by atoms with Gasteiger partial charge in [-0.05, 0) is 44.2 Å². The van der Waals surface area contributed by atoms with E-state index in [0.29, 0.717) is 12.4 Å². The van der Waals surface area contributed by atoms with Crippen LogP contribution in [-0.2, 0) is 26.2 Å². The zero-order chi connectivity index (χ0) is 23.9. The summed E-state index contributed by atoms with van der Waals surface area (Å²) in [5, 5.41) is 2.46. The lowest BCUT2D eigenvalue weighted by molar-refractivity contribution is -0.139. The minimum atomic E-state index is -3.83. The number of carbonyl (C=O) groups is 2. The summed E-state index contributed by atoms with van der Waals surface area (Å²) in [5.74, 6) is -1.07. The van der Waals surface area contributed by atoms with Gasteiger partial charge in [0, 0.05) is 19.2 Å². The Morgan fingerprint density at radius 1 is 1.12 bits per heavy atom. The second-order valence-corrected chi connectivity index (χ2v) is 9.01. The number of halogens is 1. The molecule has 0 radical (unpaired) electrons. The molecule has 0 spiro atoms. The summed E-state index contributed by atoms with van der Waals surface area (Å²) in [7, 11) is -2.41. The predicted molar refractivity (Wildman–Crippen MR) is 120 cm³/mol. The summed E-state index contributed by atoms with van der Waals surface area (Å²) in [6.45, 7) is 3.03. The van der Waals surface area contributed by atoms with E-state index in [1.165, 1.54) is 44.3 Å². The number of likely N-dealkylation sites (N-methyl/N-ethyl adjacent to an activating group) is 1. The molecule has 1 N–H and O–H groups in total. The van der Waals surface area contributed by atoms with Gasteiger partial charge in [-0.1, -0.05) is 18.2 Å². The Morgan fingerprint density at radius 3 is 2.28 bits per heavy atom. The van der Waals surface area contributed by atoms with E-state index in [2.05, 4.69) is 5.32 Å². The predicted octanol–water partition coefficient (Wildman–Crippen LogP) is 2.15. The Hall–Kier alpha value is -3.14. The number of rotatable bonds is 10. The Bertz CT molecular complexity index is 1040. The summed E-state index contributed by atoms with van der Waals surface area (Å²) >= 11 is 0. The van der Waals surface area contributed by atoms with Crippen molar-refractivity contribution in [2.75, 3.05) is 30.8 Å². The van der Waals surface area contributed by atoms with Gasteiger partial charge in [-0.25, -0.2) is 12.8 Å². The molecule has 2 aromatic carbocycles. The van der Waals surface area contributed by atoms with Gasteiger partial charge in [0.05, 0.1) is 18.6 Å². The number of benzene rings is 2. The van der Waals surface area contributed by atoms with Crippen LogP contribution in [0.5, 0.6) is 5.75 Å². The van der Waals surface area contributed by atoms with Crippen molar-refractivity contribution in [3.05, 3.63) is 59.9 Å². The molecule has 2 aromatic rings. The SMILES string of the molecule is CCOc1ccc(N(CC(=O)N(Cc2ccccc2F)[C@@H](C)C(=O)NC)S(C)(=O)=O)cc1. The van der Waals surface area contributed by atoms with E-state index in [0.717, 1.165) is 15.5 Å². The lowest BCUT2D eigenvalue weighted by atomic mass is 10.1. The average molecular weight is 466 g/mol. The monoisotopic (exact) mass is 465 g/mol. The number of nitrogens with zero attached hydrogens (tertiary/aromatic N) is 2. The van der Waals surface area contributed by atoms with Crippen LogP contribution in [0.1, 0.15) is 19.4 Å². The molecule has 2 rings (SSSR count). The molecule has 0 saturated heterocycles. The quantitative estimate of drug-likeness (QED) is 0.580. The van der Waals surface area contributed by atoms with Crippen LogP contribution in [0.25, 0.3) is 0 Å². The van der Waals surface area contributed by atoms with Crippen molar-refractivity contribution in [3.8, 4) is 5.75 Å². The zero-order valence-electron chi connectivity index (χ0n) is 18.5. The number of hydrogen-bond donors (Lipinski definition) is 1. The van der Waals surface area contributed by atoms with Crippen molar-refractivity contribution in [3.63, 3.8) is 0 Å². The number of ether oxygens (including phenoxy) is 1. The smallest absolute Gasteiger partial charge is 0.244 e. The molecule has 0 saturated carbocycles. The van der Waals surface area contributed by atoms with Crippen LogP contribution in [0.2, 0.25) is 0 Å². The minimum absolute atomic E-state index is 0.193. The van der Waals surface area contributed by atoms with Crippen molar-refractivity contribution in [2.45, 2.75) is 26.4 Å². The standard InChI is InChI=1S/C22H28FN3O5S/c1-5-31-19-12-10-18(11-13-19)26(32(4,29)30)15-21(27)25(16(2)22(28)24-3)14-17-8-6-7-9-20(17)23/h6-13,16H,5,14-15H2,1-4H3,(H,24,28)/t16-/m0/s1. The van der Waals surface area contributed by atoms with Crippen molar-refractivity contribution in [2.24, 2.45) is 0 Å². The number of amides is 2. The van der Waals surface area contributed by atoms with Gasteiger partial charge in [-0.15, -0.1) is 0 Å². The summed E-state index contributed by atoms with van der Waals surface area (Å²) in [4.78, 5) is 26.6. The Labute approximate surface area is 188 Å². The summed E-state index contributed by atoms with van der Waals surface area (Å²) < 4.78 is 45.4. The maximum atomic E-state index is 14.2. The van der Waals surface area contributed by atoms with Gasteiger partial charge in [-0.3, -0.25) is 13.9 Å². The van der Waals surface area contributed by atoms with Gasteiger partial charge in [0.2, 0.25) is 21.8 Å². The van der Waals surface area contributed by atoms with E-state index in [1.807, 2.05) is 6.92 Å². The molecule has 0 unspecified atom stereocenters. The molecule has 0 aliphatic heterocycles. The van der Waals surface area contributed by atoms with Crippen LogP contribution in [0.15, 0.2) is 48.5 Å². The molecular formula is C22H28FN3O5S. The summed E-state index contributed by atoms with van der Waals surface area (Å²) in [6, 6.07) is 11.2. The molecule has 8 nitrogen and oxygen atoms in total. The van der Waals surface area contributed by atoms with E-state index < -0.39 is 40.2 Å². The summed E-state index contributed by atoms with van der Waals surface area (Å²) in [5.41, 5.74) is 0.478. The van der Waals surface area contributed by atoms with Gasteiger partial charge in [0.1, 0.15) is 24.2 Å². The number of carbonyl (C=O) groups excluding carboxylic acids is 2. The fraction of sp³-hybridized carbons (Fsp3) is 0.364. The zero-order valence-corrected chi connectivity index (χ0v) is 19.4. The largest absolute Gasteiger partial charge is 0.494 e. The van der Waals surface area contributed by atoms with Crippen molar-refractivity contribution in [1.82, 2.24) is 10.2 Å². The van der Waals surface area contributed by atoms with Gasteiger partial charge in [0.15, 0.2) is 0 Å². The van der Waals surface area contributed by atoms with E-state index in [-0.39, 0.29) is 17.8 Å². The fourth-order valence-corrected chi connectivity index (χ4v) is 3.94. The molecule has 0 aliphatic carbocycles. The highest BCUT2D eigenvalue weighted by atomic mass is 32.2. The first-order valence-corrected chi connectivity index (χ1v) is 11.9. The highest BCUT2D eigenvalue weighted by molar-refractivity contribution is 7.92. The molecule has 174 valence electrons. The van der Waals surface area contributed by atoms with Crippen LogP contribution in [0, 0.1) is 5.82 Å². The van der Waals surface area contributed by atoms with Crippen molar-refractivity contribution < 1.29 is 27.1 Å². The van der Waals surface area contributed by atoms with Crippen LogP contribution >= 0.6 is 0 Å². The highest BCUT2D eigenvalue weighted by Crippen LogP contribution is 2.22.